The summed E-state index contributed by atoms with van der Waals surface area (Å²) >= 11 is 16.9. The maximum Gasteiger partial charge on any atom is 0.306 e. The lowest BCUT2D eigenvalue weighted by atomic mass is 9.58. The molecular formula is C18H28Cl3N2O4+. The van der Waals surface area contributed by atoms with Crippen LogP contribution in [0.1, 0.15) is 33.1 Å². The fourth-order valence-corrected chi connectivity index (χ4v) is 4.19. The molecule has 0 bridgehead atoms. The number of carbonyl (C=O) groups excluding carboxylic acids is 2. The predicted molar refractivity (Wildman–Crippen MR) is 106 cm³/mol. The van der Waals surface area contributed by atoms with Crippen molar-refractivity contribution in [1.82, 2.24) is 4.90 Å². The molecule has 27 heavy (non-hydrogen) atoms. The van der Waals surface area contributed by atoms with Gasteiger partial charge in [0.2, 0.25) is 9.70 Å². The third kappa shape index (κ3) is 5.49. The number of carbonyl (C=O) groups is 2. The molecule has 9 heteroatoms. The lowest BCUT2D eigenvalue weighted by molar-refractivity contribution is -0.498. The molecule has 154 valence electrons. The topological polar surface area (TPSA) is 69.9 Å². The molecule has 0 aromatic carbocycles. The highest BCUT2D eigenvalue weighted by Gasteiger charge is 2.53. The molecule has 4 atom stereocenters. The Hall–Kier alpha value is -0.560. The molecule has 1 aliphatic heterocycles. The van der Waals surface area contributed by atoms with E-state index in [0.29, 0.717) is 19.5 Å². The summed E-state index contributed by atoms with van der Waals surface area (Å²) in [4.78, 5) is 27.5. The van der Waals surface area contributed by atoms with Crippen LogP contribution in [-0.4, -0.2) is 75.9 Å². The summed E-state index contributed by atoms with van der Waals surface area (Å²) in [6.45, 7) is 5.39. The average Bonchev–Trinajstić information content (AvgIpc) is 2.59. The van der Waals surface area contributed by atoms with Crippen molar-refractivity contribution < 1.29 is 24.0 Å². The van der Waals surface area contributed by atoms with Crippen molar-refractivity contribution in [3.63, 3.8) is 0 Å². The van der Waals surface area contributed by atoms with Crippen LogP contribution in [0.4, 0.5) is 0 Å². The number of aliphatic hydroxyl groups excluding tert-OH is 1. The van der Waals surface area contributed by atoms with Crippen molar-refractivity contribution in [2.24, 2.45) is 17.3 Å². The summed E-state index contributed by atoms with van der Waals surface area (Å²) < 4.78 is 5.40. The maximum absolute atomic E-state index is 13.4. The van der Waals surface area contributed by atoms with Gasteiger partial charge in [-0.1, -0.05) is 48.7 Å². The minimum atomic E-state index is -1.69. The number of amides is 1. The summed E-state index contributed by atoms with van der Waals surface area (Å²) in [5.74, 6) is -1.13. The zero-order valence-corrected chi connectivity index (χ0v) is 18.2. The van der Waals surface area contributed by atoms with E-state index in [9.17, 15) is 14.7 Å². The summed E-state index contributed by atoms with van der Waals surface area (Å²) in [5, 5.41) is 10.6. The molecule has 1 fully saturated rings. The highest BCUT2D eigenvalue weighted by Crippen LogP contribution is 2.48. The van der Waals surface area contributed by atoms with E-state index in [0.717, 1.165) is 13.0 Å². The first-order valence-electron chi connectivity index (χ1n) is 9.18. The second-order valence-corrected chi connectivity index (χ2v) is 10.3. The Morgan fingerprint density at radius 1 is 1.37 bits per heavy atom. The van der Waals surface area contributed by atoms with Gasteiger partial charge in [0.1, 0.15) is 13.7 Å². The Bertz CT molecular complexity index is 608. The van der Waals surface area contributed by atoms with E-state index in [-0.39, 0.29) is 24.9 Å². The van der Waals surface area contributed by atoms with Gasteiger partial charge in [0.15, 0.2) is 12.8 Å². The van der Waals surface area contributed by atoms with Crippen LogP contribution >= 0.6 is 34.8 Å². The first-order valence-corrected chi connectivity index (χ1v) is 10.3. The highest BCUT2D eigenvalue weighted by atomic mass is 35.6. The molecule has 4 unspecified atom stereocenters. The fourth-order valence-electron chi connectivity index (χ4n) is 4.03. The van der Waals surface area contributed by atoms with Crippen LogP contribution in [-0.2, 0) is 14.3 Å². The van der Waals surface area contributed by atoms with Crippen LogP contribution in [0.25, 0.3) is 0 Å². The van der Waals surface area contributed by atoms with Gasteiger partial charge in [-0.05, 0) is 18.8 Å². The number of alkyl halides is 3. The average molecular weight is 443 g/mol. The minimum absolute atomic E-state index is 0.0269. The molecule has 1 aliphatic carbocycles. The van der Waals surface area contributed by atoms with Crippen molar-refractivity contribution in [3.05, 3.63) is 0 Å². The van der Waals surface area contributed by atoms with Crippen molar-refractivity contribution >= 4 is 52.9 Å². The summed E-state index contributed by atoms with van der Waals surface area (Å²) in [6.07, 6.45) is 2.39. The summed E-state index contributed by atoms with van der Waals surface area (Å²) in [6, 6.07) is 0. The molecule has 1 heterocycles. The molecular weight excluding hydrogens is 415 g/mol. The van der Waals surface area contributed by atoms with Gasteiger partial charge < -0.3 is 14.7 Å². The highest BCUT2D eigenvalue weighted by molar-refractivity contribution is 6.67. The first kappa shape index (κ1) is 22.7. The number of hydrogen-bond donors (Lipinski definition) is 1. The molecule has 2 rings (SSSR count). The van der Waals surface area contributed by atoms with Crippen molar-refractivity contribution in [2.45, 2.75) is 43.0 Å². The van der Waals surface area contributed by atoms with Gasteiger partial charge in [-0.3, -0.25) is 9.59 Å². The predicted octanol–water partition coefficient (Wildman–Crippen LogP) is 2.26. The number of ether oxygens (including phenoxy) is 1. The minimum Gasteiger partial charge on any atom is -0.461 e. The van der Waals surface area contributed by atoms with Crippen LogP contribution in [0.15, 0.2) is 0 Å². The molecule has 0 saturated heterocycles. The number of hydrogen-bond acceptors (Lipinski definition) is 4. The van der Waals surface area contributed by atoms with Gasteiger partial charge in [0.05, 0.1) is 31.0 Å². The molecule has 0 radical (unpaired) electrons. The molecule has 1 N–H and O–H groups in total. The van der Waals surface area contributed by atoms with Gasteiger partial charge in [0.25, 0.3) is 0 Å². The third-order valence-corrected chi connectivity index (χ3v) is 6.35. The Morgan fingerprint density at radius 3 is 2.59 bits per heavy atom. The van der Waals surface area contributed by atoms with Gasteiger partial charge in [0, 0.05) is 5.92 Å². The number of halogens is 3. The molecule has 6 nitrogen and oxygen atoms in total. The molecule has 0 aromatic rings. The Kier molecular flexibility index (Phi) is 7.45. The zero-order valence-electron chi connectivity index (χ0n) is 16.0. The van der Waals surface area contributed by atoms with E-state index >= 15 is 0 Å². The maximum atomic E-state index is 13.4. The van der Waals surface area contributed by atoms with Gasteiger partial charge in [-0.2, -0.15) is 0 Å². The Labute approximate surface area is 175 Å². The van der Waals surface area contributed by atoms with Crippen LogP contribution in [0.3, 0.4) is 0 Å². The number of esters is 1. The van der Waals surface area contributed by atoms with E-state index in [4.69, 9.17) is 39.5 Å². The lowest BCUT2D eigenvalue weighted by Gasteiger charge is -2.48. The quantitative estimate of drug-likeness (QED) is 0.412. The molecule has 0 spiro atoms. The van der Waals surface area contributed by atoms with E-state index in [1.54, 1.807) is 4.90 Å². The van der Waals surface area contributed by atoms with E-state index in [2.05, 4.69) is 4.58 Å². The van der Waals surface area contributed by atoms with Crippen LogP contribution in [0.5, 0.6) is 0 Å². The van der Waals surface area contributed by atoms with Gasteiger partial charge >= 0.3 is 5.97 Å². The summed E-state index contributed by atoms with van der Waals surface area (Å²) in [7, 11) is 1.97. The monoisotopic (exact) mass is 441 g/mol. The largest absolute Gasteiger partial charge is 0.461 e. The first-order chi connectivity index (χ1) is 12.4. The lowest BCUT2D eigenvalue weighted by Crippen LogP contribution is -2.57. The second-order valence-electron chi connectivity index (χ2n) is 7.83. The fraction of sp³-hybridized carbons (Fsp3) is 0.833. The number of aliphatic hydroxyl groups is 1. The Morgan fingerprint density at radius 2 is 2.04 bits per heavy atom. The standard InChI is InChI=1S/C18H28Cl3N2O4/c1-12-4-5-14(24)13(10-15(25)27-11-18(19,20)21)17(12,2)16(26)23-8-6-22(3)7-9-23/h6,12-14,24H,4-5,7-11H2,1-3H3/q+1. The van der Waals surface area contributed by atoms with E-state index < -0.39 is 27.2 Å². The smallest absolute Gasteiger partial charge is 0.306 e. The molecule has 1 amide bonds. The van der Waals surface area contributed by atoms with Crippen LogP contribution in [0.2, 0.25) is 0 Å². The van der Waals surface area contributed by atoms with Crippen molar-refractivity contribution in [1.29, 1.82) is 0 Å². The van der Waals surface area contributed by atoms with E-state index in [1.165, 1.54) is 0 Å². The summed E-state index contributed by atoms with van der Waals surface area (Å²) in [5.41, 5.74) is -0.861. The van der Waals surface area contributed by atoms with Gasteiger partial charge in [-0.25, -0.2) is 4.58 Å². The zero-order chi connectivity index (χ0) is 20.4. The van der Waals surface area contributed by atoms with Crippen molar-refractivity contribution in [2.75, 3.05) is 33.3 Å². The number of likely N-dealkylation sites (N-methyl/N-ethyl adjacent to an activating group) is 1. The van der Waals surface area contributed by atoms with E-state index in [1.807, 2.05) is 27.1 Å². The van der Waals surface area contributed by atoms with Crippen molar-refractivity contribution in [3.8, 4) is 0 Å². The van der Waals surface area contributed by atoms with Gasteiger partial charge in [-0.15, -0.1) is 0 Å². The second kappa shape index (κ2) is 8.85. The van der Waals surface area contributed by atoms with Crippen LogP contribution < -0.4 is 0 Å². The molecule has 1 saturated carbocycles. The third-order valence-electron chi connectivity index (χ3n) is 6.02. The molecule has 2 aliphatic rings. The SMILES string of the molecule is CC1CCC(O)C(CC(=O)OCC(Cl)(Cl)Cl)C1(C)C(=O)N1CC=[N+](C)CC1. The number of nitrogens with zero attached hydrogens (tertiary/aromatic N) is 2. The normalized spacial score (nSPS) is 32.0. The molecule has 0 aromatic heterocycles. The number of rotatable bonds is 4. The van der Waals surface area contributed by atoms with Crippen LogP contribution in [0, 0.1) is 17.3 Å². The Balaban J connectivity index is 2.18.